The summed E-state index contributed by atoms with van der Waals surface area (Å²) >= 11 is 0. The van der Waals surface area contributed by atoms with Gasteiger partial charge in [-0.1, -0.05) is 38.1 Å². The predicted molar refractivity (Wildman–Crippen MR) is 85.5 cm³/mol. The summed E-state index contributed by atoms with van der Waals surface area (Å²) in [5, 5.41) is 9.09. The van der Waals surface area contributed by atoms with Crippen LogP contribution in [0.15, 0.2) is 53.4 Å². The van der Waals surface area contributed by atoms with Gasteiger partial charge in [0.25, 0.3) is 0 Å². The zero-order valence-corrected chi connectivity index (χ0v) is 13.6. The van der Waals surface area contributed by atoms with Crippen molar-refractivity contribution < 1.29 is 12.8 Å². The average molecular weight is 332 g/mol. The van der Waals surface area contributed by atoms with E-state index in [0.29, 0.717) is 5.56 Å². The van der Waals surface area contributed by atoms with E-state index in [9.17, 15) is 12.8 Å². The van der Waals surface area contributed by atoms with Crippen molar-refractivity contribution in [2.75, 3.05) is 0 Å². The Morgan fingerprint density at radius 1 is 1.09 bits per heavy atom. The summed E-state index contributed by atoms with van der Waals surface area (Å²) in [5.74, 6) is -0.432. The Morgan fingerprint density at radius 3 is 2.26 bits per heavy atom. The minimum absolute atomic E-state index is 0.0514. The summed E-state index contributed by atoms with van der Waals surface area (Å²) in [6.45, 7) is 3.74. The lowest BCUT2D eigenvalue weighted by molar-refractivity contribution is 0.462. The van der Waals surface area contributed by atoms with E-state index < -0.39 is 16.1 Å². The van der Waals surface area contributed by atoms with Crippen molar-refractivity contribution in [2.24, 2.45) is 5.92 Å². The molecular weight excluding hydrogens is 315 g/mol. The third-order valence-corrected chi connectivity index (χ3v) is 4.97. The second-order valence-electron chi connectivity index (χ2n) is 5.50. The molecule has 23 heavy (non-hydrogen) atoms. The first kappa shape index (κ1) is 17.1. The summed E-state index contributed by atoms with van der Waals surface area (Å²) in [4.78, 5) is -0.0599. The molecule has 6 heteroatoms. The number of hydrogen-bond acceptors (Lipinski definition) is 3. The lowest BCUT2D eigenvalue weighted by atomic mass is 9.97. The van der Waals surface area contributed by atoms with Crippen LogP contribution in [-0.4, -0.2) is 8.42 Å². The number of benzene rings is 2. The van der Waals surface area contributed by atoms with Gasteiger partial charge in [0.2, 0.25) is 10.0 Å². The molecule has 4 nitrogen and oxygen atoms in total. The highest BCUT2D eigenvalue weighted by Gasteiger charge is 2.25. The number of sulfonamides is 1. The molecule has 2 rings (SSSR count). The zero-order valence-electron chi connectivity index (χ0n) is 12.8. The van der Waals surface area contributed by atoms with E-state index >= 15 is 0 Å². The summed E-state index contributed by atoms with van der Waals surface area (Å²) < 4.78 is 41.0. The normalized spacial score (nSPS) is 12.8. The Labute approximate surface area is 135 Å². The van der Waals surface area contributed by atoms with Crippen molar-refractivity contribution >= 4 is 10.0 Å². The number of rotatable bonds is 5. The molecule has 1 atom stereocenters. The van der Waals surface area contributed by atoms with E-state index in [2.05, 4.69) is 4.72 Å². The SMILES string of the molecule is CC(C)[C@H](NS(=O)(=O)c1ccccc1C#N)c1ccc(F)cc1. The van der Waals surface area contributed by atoms with Crippen LogP contribution in [0.3, 0.4) is 0 Å². The number of halogens is 1. The lowest BCUT2D eigenvalue weighted by Gasteiger charge is -2.23. The standard InChI is InChI=1S/C17H17FN2O2S/c1-12(2)17(13-7-9-15(18)10-8-13)20-23(21,22)16-6-4-3-5-14(16)11-19/h3-10,12,17,20H,1-2H3/t17-/m0/s1. The summed E-state index contributed by atoms with van der Waals surface area (Å²) in [7, 11) is -3.87. The van der Waals surface area contributed by atoms with Crippen LogP contribution in [0.2, 0.25) is 0 Å². The molecule has 2 aromatic rings. The monoisotopic (exact) mass is 332 g/mol. The van der Waals surface area contributed by atoms with Crippen molar-refractivity contribution in [3.8, 4) is 6.07 Å². The van der Waals surface area contributed by atoms with Gasteiger partial charge >= 0.3 is 0 Å². The second kappa shape index (κ2) is 6.90. The maximum atomic E-state index is 13.1. The third kappa shape index (κ3) is 3.95. The van der Waals surface area contributed by atoms with Gasteiger partial charge in [0, 0.05) is 6.04 Å². The highest BCUT2D eigenvalue weighted by Crippen LogP contribution is 2.25. The van der Waals surface area contributed by atoms with E-state index in [1.54, 1.807) is 24.3 Å². The van der Waals surface area contributed by atoms with Crippen LogP contribution in [0.5, 0.6) is 0 Å². The molecule has 120 valence electrons. The molecule has 0 bridgehead atoms. The molecule has 0 aliphatic heterocycles. The van der Waals surface area contributed by atoms with E-state index in [4.69, 9.17) is 5.26 Å². The van der Waals surface area contributed by atoms with E-state index in [1.165, 1.54) is 24.3 Å². The second-order valence-corrected chi connectivity index (χ2v) is 7.18. The Balaban J connectivity index is 2.40. The zero-order chi connectivity index (χ0) is 17.0. The molecule has 1 N–H and O–H groups in total. The molecule has 2 aromatic carbocycles. The van der Waals surface area contributed by atoms with Crippen LogP contribution < -0.4 is 4.72 Å². The van der Waals surface area contributed by atoms with Crippen LogP contribution in [-0.2, 0) is 10.0 Å². The van der Waals surface area contributed by atoms with Crippen molar-refractivity contribution in [1.82, 2.24) is 4.72 Å². The van der Waals surface area contributed by atoms with Crippen LogP contribution in [0.1, 0.15) is 31.0 Å². The van der Waals surface area contributed by atoms with Crippen LogP contribution in [0.25, 0.3) is 0 Å². The quantitative estimate of drug-likeness (QED) is 0.912. The minimum Gasteiger partial charge on any atom is -0.207 e. The minimum atomic E-state index is -3.87. The molecule has 0 saturated carbocycles. The largest absolute Gasteiger partial charge is 0.242 e. The topological polar surface area (TPSA) is 70.0 Å². The van der Waals surface area contributed by atoms with Crippen molar-refractivity contribution in [2.45, 2.75) is 24.8 Å². The molecule has 0 saturated heterocycles. The first-order chi connectivity index (χ1) is 10.8. The van der Waals surface area contributed by atoms with Gasteiger partial charge in [-0.2, -0.15) is 5.26 Å². The summed E-state index contributed by atoms with van der Waals surface area (Å²) in [5.41, 5.74) is 0.751. The smallest absolute Gasteiger partial charge is 0.207 e. The first-order valence-electron chi connectivity index (χ1n) is 7.12. The van der Waals surface area contributed by atoms with Gasteiger partial charge in [-0.15, -0.1) is 0 Å². The Morgan fingerprint density at radius 2 is 1.70 bits per heavy atom. The molecule has 0 fully saturated rings. The van der Waals surface area contributed by atoms with Crippen molar-refractivity contribution in [1.29, 1.82) is 5.26 Å². The van der Waals surface area contributed by atoms with Gasteiger partial charge in [-0.25, -0.2) is 17.5 Å². The highest BCUT2D eigenvalue weighted by atomic mass is 32.2. The molecule has 0 spiro atoms. The highest BCUT2D eigenvalue weighted by molar-refractivity contribution is 7.89. The fraction of sp³-hybridized carbons (Fsp3) is 0.235. The number of nitrogens with one attached hydrogen (secondary N) is 1. The maximum Gasteiger partial charge on any atom is 0.242 e. The molecule has 0 unspecified atom stereocenters. The van der Waals surface area contributed by atoms with Gasteiger partial charge in [0.05, 0.1) is 10.5 Å². The number of nitriles is 1. The molecule has 0 heterocycles. The number of hydrogen-bond donors (Lipinski definition) is 1. The molecule has 0 radical (unpaired) electrons. The van der Waals surface area contributed by atoms with Crippen LogP contribution in [0, 0.1) is 23.1 Å². The summed E-state index contributed by atoms with van der Waals surface area (Å²) in [6.07, 6.45) is 0. The summed E-state index contributed by atoms with van der Waals surface area (Å²) in [6, 6.07) is 13.1. The van der Waals surface area contributed by atoms with Crippen LogP contribution >= 0.6 is 0 Å². The molecule has 0 aliphatic carbocycles. The fourth-order valence-electron chi connectivity index (χ4n) is 2.28. The Kier molecular flexibility index (Phi) is 5.14. The average Bonchev–Trinajstić information content (AvgIpc) is 2.53. The number of nitrogens with zero attached hydrogens (tertiary/aromatic N) is 1. The fourth-order valence-corrected chi connectivity index (χ4v) is 3.81. The van der Waals surface area contributed by atoms with E-state index in [-0.39, 0.29) is 22.2 Å². The Hall–Kier alpha value is -2.23. The van der Waals surface area contributed by atoms with Crippen molar-refractivity contribution in [3.05, 3.63) is 65.5 Å². The van der Waals surface area contributed by atoms with Gasteiger partial charge in [0.15, 0.2) is 0 Å². The third-order valence-electron chi connectivity index (χ3n) is 3.47. The van der Waals surface area contributed by atoms with Gasteiger partial charge in [-0.05, 0) is 35.7 Å². The lowest BCUT2D eigenvalue weighted by Crippen LogP contribution is -2.32. The van der Waals surface area contributed by atoms with E-state index in [0.717, 1.165) is 0 Å². The van der Waals surface area contributed by atoms with Crippen LogP contribution in [0.4, 0.5) is 4.39 Å². The Bertz CT molecular complexity index is 824. The van der Waals surface area contributed by atoms with Gasteiger partial charge < -0.3 is 0 Å². The molecule has 0 amide bonds. The van der Waals surface area contributed by atoms with E-state index in [1.807, 2.05) is 19.9 Å². The first-order valence-corrected chi connectivity index (χ1v) is 8.60. The van der Waals surface area contributed by atoms with Gasteiger partial charge in [-0.3, -0.25) is 0 Å². The predicted octanol–water partition coefficient (Wildman–Crippen LogP) is 3.37. The maximum absolute atomic E-state index is 13.1. The molecule has 0 aromatic heterocycles. The van der Waals surface area contributed by atoms with Crippen molar-refractivity contribution in [3.63, 3.8) is 0 Å². The van der Waals surface area contributed by atoms with Gasteiger partial charge in [0.1, 0.15) is 11.9 Å². The molecule has 0 aliphatic rings. The molecular formula is C17H17FN2O2S.